The van der Waals surface area contributed by atoms with Gasteiger partial charge in [0.05, 0.1) is 42.7 Å². The van der Waals surface area contributed by atoms with Crippen LogP contribution in [-0.4, -0.2) is 160 Å². The van der Waals surface area contributed by atoms with Gasteiger partial charge in [-0.2, -0.15) is 0 Å². The summed E-state index contributed by atoms with van der Waals surface area (Å²) in [6.45, 7) is 15.0. The Kier molecular flexibility index (Phi) is 12.8. The third-order valence-electron chi connectivity index (χ3n) is 17.1. The summed E-state index contributed by atoms with van der Waals surface area (Å²) >= 11 is 0. The molecule has 2 heterocycles. The number of hydrogen-bond acceptors (Lipinski definition) is 15. The Hall–Kier alpha value is -0.600. The molecule has 21 unspecified atom stereocenters. The Morgan fingerprint density at radius 3 is 1.86 bits per heavy atom. The van der Waals surface area contributed by atoms with E-state index in [4.69, 9.17) is 18.9 Å². The minimum Gasteiger partial charge on any atom is -0.394 e. The summed E-state index contributed by atoms with van der Waals surface area (Å²) in [5.41, 5.74) is -3.50. The van der Waals surface area contributed by atoms with Crippen molar-refractivity contribution in [2.75, 3.05) is 13.2 Å². The highest BCUT2D eigenvalue weighted by molar-refractivity contribution is 5.20. The first-order valence-electron chi connectivity index (χ1n) is 21.3. The molecule has 6 aliphatic rings. The predicted molar refractivity (Wildman–Crippen MR) is 204 cm³/mol. The normalized spacial score (nSPS) is 51.6. The van der Waals surface area contributed by atoms with E-state index in [9.17, 15) is 56.2 Å². The first kappa shape index (κ1) is 45.9. The van der Waals surface area contributed by atoms with E-state index in [0.29, 0.717) is 19.3 Å². The van der Waals surface area contributed by atoms with Crippen molar-refractivity contribution in [3.63, 3.8) is 0 Å². The number of rotatable bonds is 11. The molecule has 6 fully saturated rings. The third-order valence-corrected chi connectivity index (χ3v) is 17.1. The number of aliphatic hydroxyl groups excluding tert-OH is 9. The molecule has 2 aliphatic heterocycles. The molecule has 332 valence electrons. The van der Waals surface area contributed by atoms with Crippen LogP contribution in [0.25, 0.3) is 0 Å². The Morgan fingerprint density at radius 1 is 0.684 bits per heavy atom. The molecule has 6 rings (SSSR count). The lowest BCUT2D eigenvalue weighted by Crippen LogP contribution is -2.68. The van der Waals surface area contributed by atoms with Gasteiger partial charge in [-0.3, -0.25) is 0 Å². The van der Waals surface area contributed by atoms with Crippen LogP contribution in [0.3, 0.4) is 0 Å². The monoisotopic (exact) mass is 819 g/mol. The maximum atomic E-state index is 12.2. The number of hydrogen-bond donors (Lipinski definition) is 11. The number of aliphatic hydroxyl groups is 11. The van der Waals surface area contributed by atoms with Crippen LogP contribution in [0, 0.1) is 45.3 Å². The first-order chi connectivity index (χ1) is 26.3. The van der Waals surface area contributed by atoms with Crippen LogP contribution in [0.2, 0.25) is 0 Å². The molecular formula is C42H74O15. The SMILES string of the molecule is CC(C)(O)C(O)CCC(C)(O)C1CCC2(C)C1C(O)CC1C3(C)CCC(OC4OC(CO)C(O)C(O)C4OC4OC(CO)C(O)C(O)C4O)C(C)(C)C3CCC12C. The smallest absolute Gasteiger partial charge is 0.187 e. The fraction of sp³-hybridized carbons (Fsp3) is 1.00. The van der Waals surface area contributed by atoms with Crippen molar-refractivity contribution in [1.82, 2.24) is 0 Å². The third kappa shape index (κ3) is 7.58. The van der Waals surface area contributed by atoms with Crippen LogP contribution in [0.1, 0.15) is 113 Å². The van der Waals surface area contributed by atoms with E-state index >= 15 is 0 Å². The van der Waals surface area contributed by atoms with Gasteiger partial charge in [-0.05, 0) is 124 Å². The molecule has 21 atom stereocenters. The molecule has 2 saturated heterocycles. The maximum absolute atomic E-state index is 12.2. The second kappa shape index (κ2) is 15.9. The zero-order chi connectivity index (χ0) is 42.4. The van der Waals surface area contributed by atoms with Crippen molar-refractivity contribution in [3.8, 4) is 0 Å². The highest BCUT2D eigenvalue weighted by Crippen LogP contribution is 2.76. The molecule has 4 aliphatic carbocycles. The minimum atomic E-state index is -1.77. The molecule has 11 N–H and O–H groups in total. The van der Waals surface area contributed by atoms with Crippen molar-refractivity contribution >= 4 is 0 Å². The predicted octanol–water partition coefficient (Wildman–Crippen LogP) is 0.315. The van der Waals surface area contributed by atoms with Crippen molar-refractivity contribution in [3.05, 3.63) is 0 Å². The lowest BCUT2D eigenvalue weighted by molar-refractivity contribution is -0.378. The zero-order valence-electron chi connectivity index (χ0n) is 35.1. The highest BCUT2D eigenvalue weighted by atomic mass is 16.8. The summed E-state index contributed by atoms with van der Waals surface area (Å²) in [7, 11) is 0. The Morgan fingerprint density at radius 2 is 1.26 bits per heavy atom. The van der Waals surface area contributed by atoms with Gasteiger partial charge in [0.2, 0.25) is 0 Å². The van der Waals surface area contributed by atoms with Gasteiger partial charge < -0.3 is 75.1 Å². The number of ether oxygens (including phenoxy) is 4. The van der Waals surface area contributed by atoms with Crippen molar-refractivity contribution in [2.45, 2.75) is 204 Å². The molecule has 0 spiro atoms. The van der Waals surface area contributed by atoms with E-state index in [0.717, 1.165) is 32.1 Å². The van der Waals surface area contributed by atoms with E-state index < -0.39 is 110 Å². The molecule has 15 nitrogen and oxygen atoms in total. The number of fused-ring (bicyclic) bond motifs is 5. The van der Waals surface area contributed by atoms with Crippen LogP contribution >= 0.6 is 0 Å². The van der Waals surface area contributed by atoms with Crippen molar-refractivity contribution < 1.29 is 75.1 Å². The second-order valence-electron chi connectivity index (χ2n) is 21.0. The van der Waals surface area contributed by atoms with Crippen LogP contribution < -0.4 is 0 Å². The first-order valence-corrected chi connectivity index (χ1v) is 21.3. The van der Waals surface area contributed by atoms with E-state index in [2.05, 4.69) is 34.6 Å². The molecule has 57 heavy (non-hydrogen) atoms. The quantitative estimate of drug-likeness (QED) is 0.126. The Bertz CT molecular complexity index is 1390. The summed E-state index contributed by atoms with van der Waals surface area (Å²) in [5.74, 6) is -0.00735. The van der Waals surface area contributed by atoms with Crippen molar-refractivity contribution in [2.24, 2.45) is 45.3 Å². The zero-order valence-corrected chi connectivity index (χ0v) is 35.1. The minimum absolute atomic E-state index is 0.133. The average molecular weight is 819 g/mol. The fourth-order valence-electron chi connectivity index (χ4n) is 13.4. The molecule has 0 aromatic heterocycles. The van der Waals surface area contributed by atoms with Gasteiger partial charge in [-0.15, -0.1) is 0 Å². The van der Waals surface area contributed by atoms with E-state index in [1.165, 1.54) is 0 Å². The van der Waals surface area contributed by atoms with Crippen LogP contribution in [-0.2, 0) is 18.9 Å². The summed E-state index contributed by atoms with van der Waals surface area (Å²) < 4.78 is 24.3. The largest absolute Gasteiger partial charge is 0.394 e. The standard InChI is InChI=1S/C42H74O15/c1-37(2)24-10-15-40(6)25(17-21(45)28-20(9-14-41(28,40)7)42(8,53)16-11-26(46)38(3,4)52)39(24,5)13-12-27(37)56-36-34(32(50)30(48)23(19-44)55-36)57-35-33(51)31(49)29(47)22(18-43)54-35/h20-36,43-53H,9-19H2,1-8H3. The van der Waals surface area contributed by atoms with E-state index in [1.54, 1.807) is 13.8 Å². The van der Waals surface area contributed by atoms with Gasteiger partial charge in [0.25, 0.3) is 0 Å². The molecule has 15 heteroatoms. The summed E-state index contributed by atoms with van der Waals surface area (Å²) in [4.78, 5) is 0. The van der Waals surface area contributed by atoms with Gasteiger partial charge in [0, 0.05) is 0 Å². The van der Waals surface area contributed by atoms with Gasteiger partial charge in [-0.1, -0.05) is 34.6 Å². The molecule has 0 amide bonds. The molecule has 4 saturated carbocycles. The topological polar surface area (TPSA) is 259 Å². The van der Waals surface area contributed by atoms with Gasteiger partial charge in [-0.25, -0.2) is 0 Å². The fourth-order valence-corrected chi connectivity index (χ4v) is 13.4. The molecule has 0 radical (unpaired) electrons. The molecular weight excluding hydrogens is 744 g/mol. The van der Waals surface area contributed by atoms with Crippen LogP contribution in [0.15, 0.2) is 0 Å². The van der Waals surface area contributed by atoms with Gasteiger partial charge in [0.15, 0.2) is 12.6 Å². The van der Waals surface area contributed by atoms with Crippen molar-refractivity contribution in [1.29, 1.82) is 0 Å². The lowest BCUT2D eigenvalue weighted by atomic mass is 9.35. The summed E-state index contributed by atoms with van der Waals surface area (Å²) in [6.07, 6.45) is -11.5. The highest BCUT2D eigenvalue weighted by Gasteiger charge is 2.71. The second-order valence-corrected chi connectivity index (χ2v) is 21.0. The molecule has 0 aromatic carbocycles. The maximum Gasteiger partial charge on any atom is 0.187 e. The van der Waals surface area contributed by atoms with Gasteiger partial charge in [0.1, 0.15) is 48.8 Å². The van der Waals surface area contributed by atoms with Gasteiger partial charge >= 0.3 is 0 Å². The molecule has 0 bridgehead atoms. The van der Waals surface area contributed by atoms with Crippen LogP contribution in [0.5, 0.6) is 0 Å². The summed E-state index contributed by atoms with van der Waals surface area (Å²) in [5, 5.41) is 118. The molecule has 0 aromatic rings. The summed E-state index contributed by atoms with van der Waals surface area (Å²) in [6, 6.07) is 0. The van der Waals surface area contributed by atoms with E-state index in [-0.39, 0.29) is 46.3 Å². The lowest BCUT2D eigenvalue weighted by Gasteiger charge is -2.70. The van der Waals surface area contributed by atoms with E-state index in [1.807, 2.05) is 6.92 Å². The van der Waals surface area contributed by atoms with Crippen LogP contribution in [0.4, 0.5) is 0 Å². The Balaban J connectivity index is 1.22. The Labute approximate surface area is 337 Å². The average Bonchev–Trinajstić information content (AvgIpc) is 3.52.